The van der Waals surface area contributed by atoms with Gasteiger partial charge in [0.2, 0.25) is 0 Å². The average molecular weight is 428 g/mol. The topological polar surface area (TPSA) is 35.6 Å². The van der Waals surface area contributed by atoms with Gasteiger partial charge in [-0.2, -0.15) is 0 Å². The lowest BCUT2D eigenvalue weighted by atomic mass is 10.1. The number of carbonyl (C=O) groups excluding carboxylic acids is 1. The van der Waals surface area contributed by atoms with E-state index in [2.05, 4.69) is 57.6 Å². The molecular formula is C23H29N3OS2. The SMILES string of the molecule is O=C(NCCN1CCN(c2ccccc2)CC1)c1ccc(C2SCCCS2)cc1. The van der Waals surface area contributed by atoms with Crippen LogP contribution in [0.15, 0.2) is 54.6 Å². The van der Waals surface area contributed by atoms with Crippen molar-refractivity contribution in [2.24, 2.45) is 0 Å². The van der Waals surface area contributed by atoms with Crippen LogP contribution >= 0.6 is 23.5 Å². The van der Waals surface area contributed by atoms with E-state index in [4.69, 9.17) is 0 Å². The summed E-state index contributed by atoms with van der Waals surface area (Å²) in [6.07, 6.45) is 1.30. The largest absolute Gasteiger partial charge is 0.369 e. The van der Waals surface area contributed by atoms with Crippen molar-refractivity contribution in [2.75, 3.05) is 55.7 Å². The molecule has 0 radical (unpaired) electrons. The van der Waals surface area contributed by atoms with Crippen LogP contribution in [0.1, 0.15) is 26.9 Å². The second-order valence-electron chi connectivity index (χ2n) is 7.47. The van der Waals surface area contributed by atoms with E-state index in [0.29, 0.717) is 11.1 Å². The summed E-state index contributed by atoms with van der Waals surface area (Å²) in [5.41, 5.74) is 3.38. The molecule has 154 valence electrons. The Hall–Kier alpha value is -1.63. The molecule has 1 amide bonds. The van der Waals surface area contributed by atoms with Gasteiger partial charge in [-0.25, -0.2) is 0 Å². The number of para-hydroxylation sites is 1. The molecule has 2 aromatic carbocycles. The molecule has 4 nitrogen and oxygen atoms in total. The van der Waals surface area contributed by atoms with Crippen LogP contribution in [-0.2, 0) is 0 Å². The van der Waals surface area contributed by atoms with Crippen LogP contribution in [-0.4, -0.2) is 61.6 Å². The molecule has 0 aliphatic carbocycles. The van der Waals surface area contributed by atoms with Gasteiger partial charge in [-0.1, -0.05) is 30.3 Å². The third-order valence-corrected chi connectivity index (χ3v) is 8.49. The standard InChI is InChI=1S/C23H29N3OS2/c27-22(19-7-9-20(10-8-19)23-28-17-4-18-29-23)24-11-12-25-13-15-26(16-14-25)21-5-2-1-3-6-21/h1-3,5-10,23H,4,11-18H2,(H,24,27). The van der Waals surface area contributed by atoms with E-state index in [0.717, 1.165) is 38.3 Å². The van der Waals surface area contributed by atoms with E-state index in [-0.39, 0.29) is 5.91 Å². The maximum atomic E-state index is 12.5. The van der Waals surface area contributed by atoms with Crippen LogP contribution in [0.2, 0.25) is 0 Å². The van der Waals surface area contributed by atoms with Crippen molar-refractivity contribution >= 4 is 35.1 Å². The first-order valence-corrected chi connectivity index (χ1v) is 12.5. The predicted octanol–water partition coefficient (Wildman–Crippen LogP) is 4.11. The lowest BCUT2D eigenvalue weighted by molar-refractivity contribution is 0.0948. The van der Waals surface area contributed by atoms with E-state index in [1.54, 1.807) is 0 Å². The van der Waals surface area contributed by atoms with E-state index in [1.807, 2.05) is 35.7 Å². The molecule has 2 heterocycles. The smallest absolute Gasteiger partial charge is 0.251 e. The highest BCUT2D eigenvalue weighted by atomic mass is 32.2. The van der Waals surface area contributed by atoms with Gasteiger partial charge in [0.05, 0.1) is 4.58 Å². The van der Waals surface area contributed by atoms with Crippen LogP contribution in [0.4, 0.5) is 5.69 Å². The van der Waals surface area contributed by atoms with Gasteiger partial charge in [0, 0.05) is 50.5 Å². The Labute approximate surface area is 182 Å². The first-order chi connectivity index (χ1) is 14.3. The predicted molar refractivity (Wildman–Crippen MR) is 126 cm³/mol. The molecule has 0 spiro atoms. The molecule has 2 aliphatic heterocycles. The zero-order valence-corrected chi connectivity index (χ0v) is 18.4. The molecule has 0 aromatic heterocycles. The minimum atomic E-state index is 0.0309. The Morgan fingerprint density at radius 1 is 0.931 bits per heavy atom. The number of amides is 1. The fraction of sp³-hybridized carbons (Fsp3) is 0.435. The van der Waals surface area contributed by atoms with E-state index < -0.39 is 0 Å². The number of anilines is 1. The Balaban J connectivity index is 1.18. The van der Waals surface area contributed by atoms with Gasteiger partial charge in [0.25, 0.3) is 5.91 Å². The summed E-state index contributed by atoms with van der Waals surface area (Å²) in [5, 5.41) is 3.08. The Bertz CT molecular complexity index is 770. The van der Waals surface area contributed by atoms with Gasteiger partial charge in [-0.15, -0.1) is 23.5 Å². The molecule has 0 unspecified atom stereocenters. The number of thioether (sulfide) groups is 2. The van der Waals surface area contributed by atoms with Gasteiger partial charge < -0.3 is 10.2 Å². The molecule has 2 aromatic rings. The highest BCUT2D eigenvalue weighted by Gasteiger charge is 2.18. The summed E-state index contributed by atoms with van der Waals surface area (Å²) >= 11 is 4.02. The van der Waals surface area contributed by atoms with Crippen LogP contribution in [0.25, 0.3) is 0 Å². The quantitative estimate of drug-likeness (QED) is 0.751. The molecule has 4 rings (SSSR count). The van der Waals surface area contributed by atoms with Gasteiger partial charge in [0.1, 0.15) is 0 Å². The van der Waals surface area contributed by atoms with Crippen molar-refractivity contribution in [2.45, 2.75) is 11.0 Å². The molecule has 2 aliphatic rings. The van der Waals surface area contributed by atoms with Gasteiger partial charge in [-0.3, -0.25) is 9.69 Å². The normalized spacial score (nSPS) is 18.6. The first kappa shape index (κ1) is 20.6. The van der Waals surface area contributed by atoms with Crippen molar-refractivity contribution < 1.29 is 4.79 Å². The van der Waals surface area contributed by atoms with E-state index in [9.17, 15) is 4.79 Å². The number of rotatable bonds is 6. The van der Waals surface area contributed by atoms with Crippen molar-refractivity contribution in [1.82, 2.24) is 10.2 Å². The summed E-state index contributed by atoms with van der Waals surface area (Å²) in [6, 6.07) is 18.8. The second kappa shape index (κ2) is 10.4. The maximum Gasteiger partial charge on any atom is 0.251 e. The number of hydrogen-bond donors (Lipinski definition) is 1. The summed E-state index contributed by atoms with van der Waals surface area (Å²) in [7, 11) is 0. The fourth-order valence-electron chi connectivity index (χ4n) is 3.77. The van der Waals surface area contributed by atoms with Crippen molar-refractivity contribution in [3.05, 3.63) is 65.7 Å². The summed E-state index contributed by atoms with van der Waals surface area (Å²) in [4.78, 5) is 17.3. The molecular weight excluding hydrogens is 398 g/mol. The Morgan fingerprint density at radius 3 is 2.31 bits per heavy atom. The molecule has 6 heteroatoms. The number of nitrogens with zero attached hydrogens (tertiary/aromatic N) is 2. The van der Waals surface area contributed by atoms with Crippen molar-refractivity contribution in [3.8, 4) is 0 Å². The number of hydrogen-bond acceptors (Lipinski definition) is 5. The maximum absolute atomic E-state index is 12.5. The van der Waals surface area contributed by atoms with Gasteiger partial charge in [-0.05, 0) is 47.8 Å². The number of benzene rings is 2. The number of nitrogens with one attached hydrogen (secondary N) is 1. The summed E-state index contributed by atoms with van der Waals surface area (Å²) in [5.74, 6) is 2.50. The highest BCUT2D eigenvalue weighted by molar-refractivity contribution is 8.16. The molecule has 2 saturated heterocycles. The van der Waals surface area contributed by atoms with Crippen LogP contribution in [0.3, 0.4) is 0 Å². The third kappa shape index (κ3) is 5.71. The molecule has 0 atom stereocenters. The Morgan fingerprint density at radius 2 is 1.62 bits per heavy atom. The highest BCUT2D eigenvalue weighted by Crippen LogP contribution is 2.43. The zero-order valence-electron chi connectivity index (χ0n) is 16.8. The molecule has 29 heavy (non-hydrogen) atoms. The van der Waals surface area contributed by atoms with Crippen LogP contribution in [0.5, 0.6) is 0 Å². The third-order valence-electron chi connectivity index (χ3n) is 5.48. The van der Waals surface area contributed by atoms with E-state index in [1.165, 1.54) is 29.2 Å². The molecule has 0 saturated carbocycles. The van der Waals surface area contributed by atoms with Crippen LogP contribution < -0.4 is 10.2 Å². The monoisotopic (exact) mass is 427 g/mol. The number of piperazine rings is 1. The lowest BCUT2D eigenvalue weighted by Gasteiger charge is -2.36. The molecule has 2 fully saturated rings. The number of carbonyl (C=O) groups is 1. The lowest BCUT2D eigenvalue weighted by Crippen LogP contribution is -2.48. The minimum absolute atomic E-state index is 0.0309. The second-order valence-corrected chi connectivity index (χ2v) is 10.2. The van der Waals surface area contributed by atoms with E-state index >= 15 is 0 Å². The summed E-state index contributed by atoms with van der Waals surface area (Å²) < 4.78 is 0.524. The van der Waals surface area contributed by atoms with Crippen molar-refractivity contribution in [1.29, 1.82) is 0 Å². The first-order valence-electron chi connectivity index (χ1n) is 10.4. The summed E-state index contributed by atoms with van der Waals surface area (Å²) in [6.45, 7) is 5.75. The average Bonchev–Trinajstić information content (AvgIpc) is 2.81. The molecule has 0 bridgehead atoms. The minimum Gasteiger partial charge on any atom is -0.369 e. The van der Waals surface area contributed by atoms with Gasteiger partial charge >= 0.3 is 0 Å². The van der Waals surface area contributed by atoms with Crippen molar-refractivity contribution in [3.63, 3.8) is 0 Å². The molecule has 1 N–H and O–H groups in total. The van der Waals surface area contributed by atoms with Gasteiger partial charge in [0.15, 0.2) is 0 Å². The Kier molecular flexibility index (Phi) is 7.41. The fourth-order valence-corrected chi connectivity index (χ4v) is 6.66. The van der Waals surface area contributed by atoms with Crippen LogP contribution in [0, 0.1) is 0 Å². The zero-order chi connectivity index (χ0) is 19.9.